The molecule has 0 aliphatic carbocycles. The minimum Gasteiger partial charge on any atom is -0.348 e. The van der Waals surface area contributed by atoms with E-state index in [2.05, 4.69) is 5.32 Å². The molecule has 1 aromatic heterocycles. The monoisotopic (exact) mass is 390 g/mol. The van der Waals surface area contributed by atoms with Gasteiger partial charge in [-0.05, 0) is 35.6 Å². The van der Waals surface area contributed by atoms with Gasteiger partial charge in [0.05, 0.1) is 5.56 Å². The Labute approximate surface area is 150 Å². The number of alkyl halides is 3. The first-order valence-corrected chi connectivity index (χ1v) is 8.58. The van der Waals surface area contributed by atoms with E-state index in [0.29, 0.717) is 11.1 Å². The number of carbonyl (C=O) groups excluding carboxylic acids is 1. The Morgan fingerprint density at radius 2 is 2.04 bits per heavy atom. The van der Waals surface area contributed by atoms with Crippen LogP contribution in [-0.4, -0.2) is 16.6 Å². The number of aromatic amines is 1. The molecule has 9 heteroatoms. The van der Waals surface area contributed by atoms with E-state index < -0.39 is 23.2 Å². The fraction of sp³-hybridized carbons (Fsp3) is 0.250. The molecule has 0 saturated carbocycles. The highest BCUT2D eigenvalue weighted by atomic mass is 35.5. The molecular formula is C16H14ClF3N2O2S. The van der Waals surface area contributed by atoms with Crippen molar-refractivity contribution in [3.63, 3.8) is 0 Å². The molecule has 1 heterocycles. The summed E-state index contributed by atoms with van der Waals surface area (Å²) in [6.07, 6.45) is -3.88. The molecule has 0 aliphatic rings. The summed E-state index contributed by atoms with van der Waals surface area (Å²) in [4.78, 5) is 26.2. The highest BCUT2D eigenvalue weighted by molar-refractivity contribution is 7.99. The molecular weight excluding hydrogens is 377 g/mol. The average molecular weight is 391 g/mol. The van der Waals surface area contributed by atoms with Crippen LogP contribution in [0.5, 0.6) is 0 Å². The van der Waals surface area contributed by atoms with Crippen molar-refractivity contribution in [2.45, 2.75) is 24.5 Å². The summed E-state index contributed by atoms with van der Waals surface area (Å²) in [5, 5.41) is 3.03. The van der Waals surface area contributed by atoms with Crippen molar-refractivity contribution in [1.82, 2.24) is 10.3 Å². The Hall–Kier alpha value is -1.93. The summed E-state index contributed by atoms with van der Waals surface area (Å²) in [6.45, 7) is 2.07. The van der Waals surface area contributed by atoms with Gasteiger partial charge < -0.3 is 10.3 Å². The predicted molar refractivity (Wildman–Crippen MR) is 91.1 cm³/mol. The molecule has 2 aromatic rings. The molecule has 0 unspecified atom stereocenters. The number of hydrogen-bond donors (Lipinski definition) is 2. The van der Waals surface area contributed by atoms with Gasteiger partial charge in [-0.15, -0.1) is 11.8 Å². The van der Waals surface area contributed by atoms with Crippen LogP contribution in [-0.2, 0) is 12.7 Å². The SMILES string of the molecule is CCSc1ccc(Cl)cc1CNC(=O)c1c[nH]c(=O)c(C(F)(F)F)c1. The number of pyridine rings is 1. The summed E-state index contributed by atoms with van der Waals surface area (Å²) in [6, 6.07) is 5.77. The Kier molecular flexibility index (Phi) is 6.18. The smallest absolute Gasteiger partial charge is 0.348 e. The van der Waals surface area contributed by atoms with E-state index in [-0.39, 0.29) is 12.1 Å². The zero-order valence-electron chi connectivity index (χ0n) is 13.0. The van der Waals surface area contributed by atoms with Crippen molar-refractivity contribution >= 4 is 29.3 Å². The molecule has 0 bridgehead atoms. The Balaban J connectivity index is 2.19. The number of amides is 1. The second kappa shape index (κ2) is 7.97. The van der Waals surface area contributed by atoms with Gasteiger partial charge in [-0.3, -0.25) is 9.59 Å². The van der Waals surface area contributed by atoms with Gasteiger partial charge in [-0.2, -0.15) is 13.2 Å². The molecule has 2 N–H and O–H groups in total. The molecule has 0 radical (unpaired) electrons. The van der Waals surface area contributed by atoms with Crippen molar-refractivity contribution < 1.29 is 18.0 Å². The van der Waals surface area contributed by atoms with E-state index in [1.165, 1.54) is 0 Å². The number of rotatable bonds is 5. The van der Waals surface area contributed by atoms with Crippen LogP contribution in [0, 0.1) is 0 Å². The second-order valence-corrected chi connectivity index (χ2v) is 6.74. The number of H-pyrrole nitrogens is 1. The molecule has 0 atom stereocenters. The summed E-state index contributed by atoms with van der Waals surface area (Å²) >= 11 is 7.51. The summed E-state index contributed by atoms with van der Waals surface area (Å²) < 4.78 is 38.3. The van der Waals surface area contributed by atoms with E-state index in [4.69, 9.17) is 11.6 Å². The lowest BCUT2D eigenvalue weighted by molar-refractivity contribution is -0.138. The van der Waals surface area contributed by atoms with Crippen LogP contribution in [0.15, 0.2) is 40.2 Å². The fourth-order valence-corrected chi connectivity index (χ4v) is 3.07. The Morgan fingerprint density at radius 1 is 1.32 bits per heavy atom. The molecule has 2 rings (SSSR count). The van der Waals surface area contributed by atoms with Crippen LogP contribution in [0.3, 0.4) is 0 Å². The van der Waals surface area contributed by atoms with E-state index in [9.17, 15) is 22.8 Å². The van der Waals surface area contributed by atoms with Crippen LogP contribution in [0.25, 0.3) is 0 Å². The van der Waals surface area contributed by atoms with Crippen molar-refractivity contribution in [1.29, 1.82) is 0 Å². The number of hydrogen-bond acceptors (Lipinski definition) is 3. The average Bonchev–Trinajstić information content (AvgIpc) is 2.54. The van der Waals surface area contributed by atoms with Crippen molar-refractivity contribution in [3.8, 4) is 0 Å². The standard InChI is InChI=1S/C16H14ClF3N2O2S/c1-2-25-13-4-3-11(17)5-9(13)7-21-14(23)10-6-12(16(18,19)20)15(24)22-8-10/h3-6,8H,2,7H2,1H3,(H,21,23)(H,22,24). The predicted octanol–water partition coefficient (Wildman–Crippen LogP) is 4.09. The summed E-state index contributed by atoms with van der Waals surface area (Å²) in [5.41, 5.74) is -2.22. The van der Waals surface area contributed by atoms with E-state index in [0.717, 1.165) is 22.4 Å². The first kappa shape index (κ1) is 19.4. The third-order valence-corrected chi connectivity index (χ3v) is 4.47. The van der Waals surface area contributed by atoms with Gasteiger partial charge in [0.2, 0.25) is 0 Å². The third-order valence-electron chi connectivity index (χ3n) is 3.23. The number of thioether (sulfide) groups is 1. The number of halogens is 4. The van der Waals surface area contributed by atoms with Gasteiger partial charge in [0.25, 0.3) is 11.5 Å². The molecule has 0 fully saturated rings. The van der Waals surface area contributed by atoms with Gasteiger partial charge in [0.15, 0.2) is 0 Å². The number of carbonyl (C=O) groups is 1. The van der Waals surface area contributed by atoms with Gasteiger partial charge in [0, 0.05) is 22.7 Å². The number of aromatic nitrogens is 1. The molecule has 25 heavy (non-hydrogen) atoms. The maximum absolute atomic E-state index is 12.8. The highest BCUT2D eigenvalue weighted by Crippen LogP contribution is 2.27. The summed E-state index contributed by atoms with van der Waals surface area (Å²) in [5.74, 6) is 0.0893. The van der Waals surface area contributed by atoms with E-state index in [1.54, 1.807) is 23.9 Å². The molecule has 1 amide bonds. The quantitative estimate of drug-likeness (QED) is 0.756. The second-order valence-electron chi connectivity index (χ2n) is 5.00. The number of nitrogens with one attached hydrogen (secondary N) is 2. The minimum atomic E-state index is -4.83. The molecule has 134 valence electrons. The van der Waals surface area contributed by atoms with E-state index in [1.807, 2.05) is 18.0 Å². The Bertz CT molecular complexity index is 837. The lowest BCUT2D eigenvalue weighted by Crippen LogP contribution is -2.27. The first-order chi connectivity index (χ1) is 11.7. The maximum Gasteiger partial charge on any atom is 0.421 e. The van der Waals surface area contributed by atoms with Gasteiger partial charge in [0.1, 0.15) is 5.56 Å². The molecule has 4 nitrogen and oxygen atoms in total. The van der Waals surface area contributed by atoms with Crippen LogP contribution in [0.2, 0.25) is 5.02 Å². The van der Waals surface area contributed by atoms with Gasteiger partial charge >= 0.3 is 6.18 Å². The van der Waals surface area contributed by atoms with Crippen molar-refractivity contribution in [2.75, 3.05) is 5.75 Å². The zero-order chi connectivity index (χ0) is 18.6. The lowest BCUT2D eigenvalue weighted by atomic mass is 10.1. The van der Waals surface area contributed by atoms with Crippen LogP contribution >= 0.6 is 23.4 Å². The summed E-state index contributed by atoms with van der Waals surface area (Å²) in [7, 11) is 0. The van der Waals surface area contributed by atoms with Crippen LogP contribution in [0.4, 0.5) is 13.2 Å². The van der Waals surface area contributed by atoms with Crippen LogP contribution in [0.1, 0.15) is 28.4 Å². The van der Waals surface area contributed by atoms with Crippen molar-refractivity contribution in [3.05, 3.63) is 62.5 Å². The molecule has 0 aliphatic heterocycles. The third kappa shape index (κ3) is 5.02. The highest BCUT2D eigenvalue weighted by Gasteiger charge is 2.34. The van der Waals surface area contributed by atoms with Crippen molar-refractivity contribution in [2.24, 2.45) is 0 Å². The van der Waals surface area contributed by atoms with Gasteiger partial charge in [-0.25, -0.2) is 0 Å². The molecule has 1 aromatic carbocycles. The maximum atomic E-state index is 12.8. The fourth-order valence-electron chi connectivity index (χ4n) is 2.09. The zero-order valence-corrected chi connectivity index (χ0v) is 14.6. The van der Waals surface area contributed by atoms with Crippen LogP contribution < -0.4 is 10.9 Å². The Morgan fingerprint density at radius 3 is 2.68 bits per heavy atom. The lowest BCUT2D eigenvalue weighted by Gasteiger charge is -2.11. The minimum absolute atomic E-state index is 0.0994. The molecule has 0 spiro atoms. The van der Waals surface area contributed by atoms with E-state index >= 15 is 0 Å². The number of benzene rings is 1. The first-order valence-electron chi connectivity index (χ1n) is 7.21. The van der Waals surface area contributed by atoms with Gasteiger partial charge in [-0.1, -0.05) is 18.5 Å². The largest absolute Gasteiger partial charge is 0.421 e. The molecule has 0 saturated heterocycles. The normalized spacial score (nSPS) is 11.4. The topological polar surface area (TPSA) is 62.0 Å².